The van der Waals surface area contributed by atoms with Crippen molar-refractivity contribution >= 4 is 21.6 Å². The van der Waals surface area contributed by atoms with Crippen molar-refractivity contribution in [3.8, 4) is 0 Å². The van der Waals surface area contributed by atoms with Crippen molar-refractivity contribution in [1.29, 1.82) is 0 Å². The average Bonchev–Trinajstić information content (AvgIpc) is 2.60. The first kappa shape index (κ1) is 19.9. The smallest absolute Gasteiger partial charge is 0.244 e. The van der Waals surface area contributed by atoms with Gasteiger partial charge in [0.25, 0.3) is 0 Å². The maximum absolute atomic E-state index is 12.7. The first-order chi connectivity index (χ1) is 12.2. The van der Waals surface area contributed by atoms with Gasteiger partial charge in [0.05, 0.1) is 11.9 Å². The van der Waals surface area contributed by atoms with E-state index in [1.54, 1.807) is 37.5 Å². The van der Waals surface area contributed by atoms with E-state index in [2.05, 4.69) is 10.3 Å². The number of aryl methyl sites for hydroxylation is 2. The van der Waals surface area contributed by atoms with E-state index in [1.165, 1.54) is 4.31 Å². The van der Waals surface area contributed by atoms with E-state index in [0.717, 1.165) is 22.9 Å². The summed E-state index contributed by atoms with van der Waals surface area (Å²) in [5.41, 5.74) is 3.39. The van der Waals surface area contributed by atoms with Crippen molar-refractivity contribution in [2.24, 2.45) is 0 Å². The Morgan fingerprint density at radius 3 is 2.50 bits per heavy atom. The molecule has 1 aromatic heterocycles. The summed E-state index contributed by atoms with van der Waals surface area (Å²) in [5, 5.41) is 2.81. The number of amides is 1. The first-order valence-corrected chi connectivity index (χ1v) is 10.3. The Morgan fingerprint density at radius 1 is 1.23 bits per heavy atom. The lowest BCUT2D eigenvalue weighted by molar-refractivity contribution is -0.122. The van der Waals surface area contributed by atoms with Crippen molar-refractivity contribution in [2.75, 3.05) is 10.6 Å². The molecule has 0 saturated heterocycles. The van der Waals surface area contributed by atoms with E-state index >= 15 is 0 Å². The van der Waals surface area contributed by atoms with Gasteiger partial charge in [-0.1, -0.05) is 19.1 Å². The van der Waals surface area contributed by atoms with Crippen LogP contribution in [0, 0.1) is 13.8 Å². The molecule has 1 N–H and O–H groups in total. The van der Waals surface area contributed by atoms with E-state index in [0.29, 0.717) is 18.7 Å². The highest BCUT2D eigenvalue weighted by Crippen LogP contribution is 2.25. The lowest BCUT2D eigenvalue weighted by atomic mass is 10.1. The summed E-state index contributed by atoms with van der Waals surface area (Å²) < 4.78 is 26.1. The quantitative estimate of drug-likeness (QED) is 0.807. The Kier molecular flexibility index (Phi) is 6.37. The number of anilines is 1. The number of aromatic nitrogens is 1. The van der Waals surface area contributed by atoms with E-state index in [9.17, 15) is 13.2 Å². The fourth-order valence-electron chi connectivity index (χ4n) is 2.73. The molecule has 0 aliphatic rings. The second-order valence-corrected chi connectivity index (χ2v) is 8.19. The number of nitrogens with one attached hydrogen (secondary N) is 1. The number of hydrogen-bond donors (Lipinski definition) is 1. The molecule has 0 unspecified atom stereocenters. The third-order valence-corrected chi connectivity index (χ3v) is 5.44. The highest BCUT2D eigenvalue weighted by molar-refractivity contribution is 7.92. The van der Waals surface area contributed by atoms with Gasteiger partial charge in [-0.3, -0.25) is 14.1 Å². The van der Waals surface area contributed by atoms with E-state index in [4.69, 9.17) is 0 Å². The fraction of sp³-hybridized carbons (Fsp3) is 0.368. The molecule has 0 spiro atoms. The zero-order valence-electron chi connectivity index (χ0n) is 15.6. The summed E-state index contributed by atoms with van der Waals surface area (Å²) in [7, 11) is -3.63. The predicted octanol–water partition coefficient (Wildman–Crippen LogP) is 2.56. The minimum atomic E-state index is -3.63. The maximum Gasteiger partial charge on any atom is 0.244 e. The van der Waals surface area contributed by atoms with E-state index in [1.807, 2.05) is 26.0 Å². The van der Waals surface area contributed by atoms with Gasteiger partial charge in [0.15, 0.2) is 0 Å². The van der Waals surface area contributed by atoms with Gasteiger partial charge < -0.3 is 5.32 Å². The van der Waals surface area contributed by atoms with Crippen LogP contribution >= 0.6 is 0 Å². The molecule has 0 fully saturated rings. The molecule has 1 aromatic carbocycles. The van der Waals surface area contributed by atoms with Crippen LogP contribution in [0.5, 0.6) is 0 Å². The number of carbonyl (C=O) groups is 1. The van der Waals surface area contributed by atoms with Crippen LogP contribution in [-0.2, 0) is 21.4 Å². The molecule has 1 atom stereocenters. The minimum absolute atomic E-state index is 0.299. The minimum Gasteiger partial charge on any atom is -0.350 e. The molecule has 1 heterocycles. The Labute approximate surface area is 155 Å². The van der Waals surface area contributed by atoms with E-state index < -0.39 is 16.1 Å². The third-order valence-electron chi connectivity index (χ3n) is 4.26. The second kappa shape index (κ2) is 8.31. The van der Waals surface area contributed by atoms with Crippen molar-refractivity contribution in [3.63, 3.8) is 0 Å². The van der Waals surface area contributed by atoms with Gasteiger partial charge in [-0.05, 0) is 55.2 Å². The molecule has 1 amide bonds. The third kappa shape index (κ3) is 4.82. The number of rotatable bonds is 7. The van der Waals surface area contributed by atoms with Crippen LogP contribution in [-0.4, -0.2) is 31.6 Å². The normalized spacial score (nSPS) is 12.5. The summed E-state index contributed by atoms with van der Waals surface area (Å²) >= 11 is 0. The molecular weight excluding hydrogens is 350 g/mol. The van der Waals surface area contributed by atoms with E-state index in [-0.39, 0.29) is 5.91 Å². The molecule has 2 rings (SSSR count). The first-order valence-electron chi connectivity index (χ1n) is 8.47. The van der Waals surface area contributed by atoms with Crippen molar-refractivity contribution in [3.05, 3.63) is 59.4 Å². The Hall–Kier alpha value is -2.41. The number of benzene rings is 1. The van der Waals surface area contributed by atoms with Gasteiger partial charge in [-0.25, -0.2) is 8.42 Å². The number of hydrogen-bond acceptors (Lipinski definition) is 4. The zero-order valence-corrected chi connectivity index (χ0v) is 16.4. The summed E-state index contributed by atoms with van der Waals surface area (Å²) in [6.07, 6.45) is 4.81. The standard InChI is InChI=1S/C19H25N3O3S/c1-5-18(19(23)21-13-16-7-6-10-20-12-16)22(26(4,24)25)17-9-8-14(2)15(3)11-17/h6-12,18H,5,13H2,1-4H3,(H,21,23)/t18-/m1/s1. The monoisotopic (exact) mass is 375 g/mol. The topological polar surface area (TPSA) is 79.4 Å². The largest absolute Gasteiger partial charge is 0.350 e. The highest BCUT2D eigenvalue weighted by Gasteiger charge is 2.31. The molecule has 2 aromatic rings. The number of carbonyl (C=O) groups excluding carboxylic acids is 1. The van der Waals surface area contributed by atoms with Gasteiger partial charge in [-0.15, -0.1) is 0 Å². The summed E-state index contributed by atoms with van der Waals surface area (Å²) in [6.45, 7) is 5.98. The van der Waals surface area contributed by atoms with Gasteiger partial charge >= 0.3 is 0 Å². The number of sulfonamides is 1. The highest BCUT2D eigenvalue weighted by atomic mass is 32.2. The average molecular weight is 375 g/mol. The van der Waals surface area contributed by atoms with Crippen molar-refractivity contribution < 1.29 is 13.2 Å². The zero-order chi connectivity index (χ0) is 19.3. The second-order valence-electron chi connectivity index (χ2n) is 6.33. The molecule has 6 nitrogen and oxygen atoms in total. The van der Waals surface area contributed by atoms with Crippen LogP contribution in [0.1, 0.15) is 30.0 Å². The molecule has 0 saturated carbocycles. The van der Waals surface area contributed by atoms with Crippen LogP contribution in [0.4, 0.5) is 5.69 Å². The van der Waals surface area contributed by atoms with Gasteiger partial charge in [0.1, 0.15) is 6.04 Å². The molecule has 0 radical (unpaired) electrons. The van der Waals surface area contributed by atoms with Crippen LogP contribution in [0.25, 0.3) is 0 Å². The number of pyridine rings is 1. The SMILES string of the molecule is CC[C@H](C(=O)NCc1cccnc1)N(c1ccc(C)c(C)c1)S(C)(=O)=O. The summed E-state index contributed by atoms with van der Waals surface area (Å²) in [5.74, 6) is -0.333. The van der Waals surface area contributed by atoms with Gasteiger partial charge in [-0.2, -0.15) is 0 Å². The number of nitrogens with zero attached hydrogens (tertiary/aromatic N) is 2. The Balaban J connectivity index is 2.29. The molecule has 0 aliphatic heterocycles. The van der Waals surface area contributed by atoms with Crippen LogP contribution in [0.2, 0.25) is 0 Å². The van der Waals surface area contributed by atoms with Crippen LogP contribution < -0.4 is 9.62 Å². The summed E-state index contributed by atoms with van der Waals surface area (Å²) in [4.78, 5) is 16.7. The lowest BCUT2D eigenvalue weighted by Crippen LogP contribution is -2.49. The molecule has 0 bridgehead atoms. The van der Waals surface area contributed by atoms with Gasteiger partial charge in [0.2, 0.25) is 15.9 Å². The molecule has 26 heavy (non-hydrogen) atoms. The molecule has 0 aliphatic carbocycles. The van der Waals surface area contributed by atoms with Crippen molar-refractivity contribution in [2.45, 2.75) is 39.8 Å². The van der Waals surface area contributed by atoms with Crippen molar-refractivity contribution in [1.82, 2.24) is 10.3 Å². The molecular formula is C19H25N3O3S. The Morgan fingerprint density at radius 2 is 1.96 bits per heavy atom. The van der Waals surface area contributed by atoms with Gasteiger partial charge in [0, 0.05) is 18.9 Å². The van der Waals surface area contributed by atoms with Crippen LogP contribution in [0.15, 0.2) is 42.7 Å². The Bertz CT molecular complexity index is 867. The molecule has 7 heteroatoms. The summed E-state index contributed by atoms with van der Waals surface area (Å²) in [6, 6.07) is 8.23. The van der Waals surface area contributed by atoms with Crippen LogP contribution in [0.3, 0.4) is 0 Å². The molecule has 140 valence electrons. The predicted molar refractivity (Wildman–Crippen MR) is 103 cm³/mol. The fourth-order valence-corrected chi connectivity index (χ4v) is 3.94. The lowest BCUT2D eigenvalue weighted by Gasteiger charge is -2.30. The maximum atomic E-state index is 12.7.